The summed E-state index contributed by atoms with van der Waals surface area (Å²) in [5.74, 6) is 1.01. The highest BCUT2D eigenvalue weighted by Crippen LogP contribution is 2.21. The number of benzene rings is 1. The van der Waals surface area contributed by atoms with Crippen LogP contribution in [-0.2, 0) is 13.0 Å². The number of hydrogen-bond donors (Lipinski definition) is 0. The highest BCUT2D eigenvalue weighted by Gasteiger charge is 2.16. The van der Waals surface area contributed by atoms with Crippen LogP contribution in [0.4, 0.5) is 0 Å². The van der Waals surface area contributed by atoms with Crippen molar-refractivity contribution in [2.24, 2.45) is 0 Å². The van der Waals surface area contributed by atoms with Crippen LogP contribution in [0, 0.1) is 0 Å². The van der Waals surface area contributed by atoms with E-state index in [9.17, 15) is 0 Å². The van der Waals surface area contributed by atoms with Crippen LogP contribution in [0.25, 0.3) is 0 Å². The summed E-state index contributed by atoms with van der Waals surface area (Å²) in [6, 6.07) is 6.58. The quantitative estimate of drug-likeness (QED) is 0.753. The molecule has 1 fully saturated rings. The third-order valence-corrected chi connectivity index (χ3v) is 3.90. The third kappa shape index (κ3) is 3.74. The molecule has 1 saturated heterocycles. The van der Waals surface area contributed by atoms with Gasteiger partial charge < -0.3 is 9.55 Å². The predicted molar refractivity (Wildman–Crippen MR) is 80.8 cm³/mol. The van der Waals surface area contributed by atoms with Gasteiger partial charge in [-0.05, 0) is 36.7 Å². The van der Waals surface area contributed by atoms with Crippen LogP contribution in [0.3, 0.4) is 0 Å². The van der Waals surface area contributed by atoms with E-state index in [0.29, 0.717) is 0 Å². The molecule has 19 heavy (non-hydrogen) atoms. The van der Waals surface area contributed by atoms with Crippen LogP contribution < -0.4 is 4.74 Å². The van der Waals surface area contributed by atoms with Gasteiger partial charge in [-0.25, -0.2) is 0 Å². The van der Waals surface area contributed by atoms with Gasteiger partial charge in [-0.3, -0.25) is 4.90 Å². The predicted octanol–water partition coefficient (Wildman–Crippen LogP) is 2.04. The molecule has 0 unspecified atom stereocenters. The van der Waals surface area contributed by atoms with Crippen LogP contribution in [-0.4, -0.2) is 50.4 Å². The minimum atomic E-state index is 1.01. The summed E-state index contributed by atoms with van der Waals surface area (Å²) < 4.78 is 5.39. The molecular weight excluding hydrogens is 235 g/mol. The van der Waals surface area contributed by atoms with E-state index < -0.39 is 0 Å². The lowest BCUT2D eigenvalue weighted by molar-refractivity contribution is 0.182. The van der Waals surface area contributed by atoms with E-state index >= 15 is 0 Å². The molecule has 0 aliphatic carbocycles. The molecule has 0 amide bonds. The summed E-state index contributed by atoms with van der Waals surface area (Å²) in [7, 11) is 3.94. The maximum absolute atomic E-state index is 5.39. The lowest BCUT2D eigenvalue weighted by atomic mass is 9.94. The largest absolute Gasteiger partial charge is 0.496 e. The van der Waals surface area contributed by atoms with Crippen molar-refractivity contribution in [3.63, 3.8) is 0 Å². The normalized spacial score (nSPS) is 17.4. The Hall–Kier alpha value is -0.995. The molecule has 103 valence electrons. The van der Waals surface area contributed by atoms with E-state index in [0.717, 1.165) is 44.9 Å². The molecule has 0 spiro atoms. The minimum Gasteiger partial charge on any atom is -0.496 e. The van der Waals surface area contributed by atoms with Crippen molar-refractivity contribution in [3.8, 4) is 5.75 Å². The van der Waals surface area contributed by atoms with Crippen LogP contribution in [0.1, 0.15) is 18.1 Å². The molecule has 1 heterocycles. The monoisotopic (exact) mass is 259 g/mol. The highest BCUT2D eigenvalue weighted by molar-refractivity contribution is 6.29. The van der Waals surface area contributed by atoms with Gasteiger partial charge in [0, 0.05) is 19.6 Å². The zero-order chi connectivity index (χ0) is 13.7. The minimum absolute atomic E-state index is 1.01. The maximum atomic E-state index is 5.39. The van der Waals surface area contributed by atoms with Crippen molar-refractivity contribution >= 4 is 7.41 Å². The second-order valence-corrected chi connectivity index (χ2v) is 5.07. The van der Waals surface area contributed by atoms with Crippen molar-refractivity contribution in [3.05, 3.63) is 29.3 Å². The van der Waals surface area contributed by atoms with Gasteiger partial charge in [-0.1, -0.05) is 25.9 Å². The van der Waals surface area contributed by atoms with Gasteiger partial charge in [0.1, 0.15) is 5.75 Å². The van der Waals surface area contributed by atoms with Crippen molar-refractivity contribution in [1.82, 2.24) is 9.71 Å². The fraction of sp³-hybridized carbons (Fsp3) is 0.600. The molecule has 0 N–H and O–H groups in total. The Balaban J connectivity index is 1.96. The van der Waals surface area contributed by atoms with Crippen LogP contribution in [0.2, 0.25) is 6.82 Å². The number of aryl methyl sites for hydroxylation is 1. The Morgan fingerprint density at radius 3 is 2.53 bits per heavy atom. The number of methoxy groups -OCH3 is 1. The van der Waals surface area contributed by atoms with Crippen LogP contribution in [0.15, 0.2) is 18.2 Å². The van der Waals surface area contributed by atoms with Crippen LogP contribution >= 0.6 is 0 Å². The molecule has 1 aliphatic rings. The van der Waals surface area contributed by atoms with E-state index in [-0.39, 0.29) is 0 Å². The zero-order valence-electron chi connectivity index (χ0n) is 12.4. The van der Waals surface area contributed by atoms with Gasteiger partial charge in [0.15, 0.2) is 0 Å². The summed E-state index contributed by atoms with van der Waals surface area (Å²) in [4.78, 5) is 4.92. The van der Waals surface area contributed by atoms with E-state index in [1.54, 1.807) is 7.11 Å². The van der Waals surface area contributed by atoms with Crippen molar-refractivity contribution in [1.29, 1.82) is 0 Å². The molecule has 0 bridgehead atoms. The number of rotatable bonds is 5. The molecule has 0 atom stereocenters. The van der Waals surface area contributed by atoms with E-state index in [4.69, 9.17) is 4.74 Å². The molecule has 3 nitrogen and oxygen atoms in total. The van der Waals surface area contributed by atoms with E-state index in [2.05, 4.69) is 49.1 Å². The Morgan fingerprint density at radius 2 is 1.95 bits per heavy atom. The summed E-state index contributed by atoms with van der Waals surface area (Å²) >= 11 is 0. The summed E-state index contributed by atoms with van der Waals surface area (Å²) in [5.41, 5.74) is 2.70. The molecule has 2 rings (SSSR count). The maximum Gasteiger partial charge on any atom is 0.205 e. The summed E-state index contributed by atoms with van der Waals surface area (Å²) in [6.07, 6.45) is 1.02. The van der Waals surface area contributed by atoms with Gasteiger partial charge in [0.05, 0.1) is 7.11 Å². The number of nitrogens with zero attached hydrogens (tertiary/aromatic N) is 2. The van der Waals surface area contributed by atoms with Crippen molar-refractivity contribution < 1.29 is 4.74 Å². The lowest BCUT2D eigenvalue weighted by Gasteiger charge is -2.34. The topological polar surface area (TPSA) is 15.7 Å². The second-order valence-electron chi connectivity index (χ2n) is 5.07. The summed E-state index contributed by atoms with van der Waals surface area (Å²) in [5, 5.41) is 0. The molecule has 1 aromatic carbocycles. The SMILES string of the molecule is C[B]N1CCN(Cc2ccc(OC)c(CC)c2)CC1. The fourth-order valence-corrected chi connectivity index (χ4v) is 2.64. The molecule has 1 radical (unpaired) electrons. The smallest absolute Gasteiger partial charge is 0.205 e. The second kappa shape index (κ2) is 6.97. The molecule has 0 saturated carbocycles. The highest BCUT2D eigenvalue weighted by atomic mass is 16.5. The van der Waals surface area contributed by atoms with Crippen LogP contribution in [0.5, 0.6) is 5.75 Å². The van der Waals surface area contributed by atoms with E-state index in [1.165, 1.54) is 11.1 Å². The first-order chi connectivity index (χ1) is 9.26. The first-order valence-corrected chi connectivity index (χ1v) is 7.18. The Kier molecular flexibility index (Phi) is 5.29. The Morgan fingerprint density at radius 1 is 1.21 bits per heavy atom. The molecule has 1 aliphatic heterocycles. The Labute approximate surface area is 117 Å². The van der Waals surface area contributed by atoms with Gasteiger partial charge in [-0.15, -0.1) is 0 Å². The lowest BCUT2D eigenvalue weighted by Crippen LogP contribution is -2.46. The average molecular weight is 259 g/mol. The van der Waals surface area contributed by atoms with Gasteiger partial charge in [0.25, 0.3) is 0 Å². The number of piperazine rings is 1. The Bertz CT molecular complexity index is 403. The average Bonchev–Trinajstić information content (AvgIpc) is 2.48. The van der Waals surface area contributed by atoms with Gasteiger partial charge in [-0.2, -0.15) is 0 Å². The molecule has 1 aromatic rings. The van der Waals surface area contributed by atoms with E-state index in [1.807, 2.05) is 0 Å². The summed E-state index contributed by atoms with van der Waals surface area (Å²) in [6.45, 7) is 9.94. The first kappa shape index (κ1) is 14.4. The molecule has 4 heteroatoms. The van der Waals surface area contributed by atoms with Crippen molar-refractivity contribution in [2.45, 2.75) is 26.7 Å². The molecular formula is C15H24BN2O. The van der Waals surface area contributed by atoms with Gasteiger partial charge >= 0.3 is 0 Å². The third-order valence-electron chi connectivity index (χ3n) is 3.90. The first-order valence-electron chi connectivity index (χ1n) is 7.18. The molecule has 0 aromatic heterocycles. The fourth-order valence-electron chi connectivity index (χ4n) is 2.64. The van der Waals surface area contributed by atoms with Gasteiger partial charge in [0.2, 0.25) is 7.41 Å². The standard InChI is InChI=1S/C15H24BN2O/c1-4-14-11-13(5-6-15(14)19-3)12-17-7-9-18(16-2)10-8-17/h5-6,11H,4,7-10,12H2,1-3H3. The number of hydrogen-bond acceptors (Lipinski definition) is 3. The van der Waals surface area contributed by atoms with Crippen molar-refractivity contribution in [2.75, 3.05) is 33.3 Å². The zero-order valence-corrected chi connectivity index (χ0v) is 12.4. The number of ether oxygens (including phenoxy) is 1.